The molecule has 0 spiro atoms. The molecule has 1 fully saturated rings. The van der Waals surface area contributed by atoms with E-state index in [2.05, 4.69) is 16.1 Å². The molecule has 3 aromatic rings. The monoisotopic (exact) mass is 517 g/mol. The quantitative estimate of drug-likeness (QED) is 0.226. The van der Waals surface area contributed by atoms with E-state index in [1.165, 1.54) is 19.1 Å². The van der Waals surface area contributed by atoms with Gasteiger partial charge in [-0.05, 0) is 48.6 Å². The minimum absolute atomic E-state index is 0.0224. The van der Waals surface area contributed by atoms with Crippen LogP contribution < -0.4 is 16.1 Å². The summed E-state index contributed by atoms with van der Waals surface area (Å²) in [5.41, 5.74) is 2.23. The van der Waals surface area contributed by atoms with Crippen molar-refractivity contribution in [1.29, 1.82) is 0 Å². The molecule has 1 atom stereocenters. The van der Waals surface area contributed by atoms with E-state index in [0.717, 1.165) is 35.6 Å². The highest BCUT2D eigenvalue weighted by Crippen LogP contribution is 2.19. The van der Waals surface area contributed by atoms with Gasteiger partial charge in [0, 0.05) is 37.2 Å². The number of nitrogens with one attached hydrogen (secondary N) is 3. The van der Waals surface area contributed by atoms with Crippen LogP contribution in [0.15, 0.2) is 66.7 Å². The van der Waals surface area contributed by atoms with Crippen molar-refractivity contribution in [2.24, 2.45) is 0 Å². The summed E-state index contributed by atoms with van der Waals surface area (Å²) in [5.74, 6) is -1.48. The molecule has 0 unspecified atom stereocenters. The zero-order chi connectivity index (χ0) is 27.1. The molecule has 1 aliphatic heterocycles. The number of piperidine rings is 1. The Morgan fingerprint density at radius 2 is 1.61 bits per heavy atom. The van der Waals surface area contributed by atoms with E-state index in [4.69, 9.17) is 0 Å². The molecule has 0 radical (unpaired) electrons. The summed E-state index contributed by atoms with van der Waals surface area (Å²) < 4.78 is 0. The van der Waals surface area contributed by atoms with Gasteiger partial charge in [0.2, 0.25) is 5.91 Å². The van der Waals surface area contributed by atoms with E-state index in [-0.39, 0.29) is 12.1 Å². The third kappa shape index (κ3) is 6.51. The van der Waals surface area contributed by atoms with Gasteiger partial charge in [0.1, 0.15) is 0 Å². The molecule has 1 heterocycles. The summed E-state index contributed by atoms with van der Waals surface area (Å²) in [6, 6.07) is 18.7. The van der Waals surface area contributed by atoms with Gasteiger partial charge < -0.3 is 10.6 Å². The minimum Gasteiger partial charge on any atom is -0.326 e. The van der Waals surface area contributed by atoms with Crippen molar-refractivity contribution in [3.8, 4) is 0 Å². The highest BCUT2D eigenvalue weighted by Gasteiger charge is 2.38. The van der Waals surface area contributed by atoms with E-state index >= 15 is 0 Å². The van der Waals surface area contributed by atoms with Crippen LogP contribution in [0.5, 0.6) is 0 Å². The molecule has 1 saturated heterocycles. The number of rotatable bonds is 9. The van der Waals surface area contributed by atoms with E-state index in [0.29, 0.717) is 25.1 Å². The SMILES string of the molecule is C[C@](NC(=O)CCc1ccc([N+](=O)[O-])cc1)(NC(=O)c1cccc2ccccc12)C(=O)NN1CCCCC1. The molecule has 1 aliphatic rings. The van der Waals surface area contributed by atoms with Crippen molar-refractivity contribution in [3.63, 3.8) is 0 Å². The molecule has 3 amide bonds. The lowest BCUT2D eigenvalue weighted by molar-refractivity contribution is -0.384. The molecular weight excluding hydrogens is 486 g/mol. The fourth-order valence-corrected chi connectivity index (χ4v) is 4.51. The van der Waals surface area contributed by atoms with Crippen LogP contribution in [0.1, 0.15) is 48.5 Å². The summed E-state index contributed by atoms with van der Waals surface area (Å²) in [4.78, 5) is 50.2. The lowest BCUT2D eigenvalue weighted by Crippen LogP contribution is -2.68. The number of carbonyl (C=O) groups excluding carboxylic acids is 3. The highest BCUT2D eigenvalue weighted by atomic mass is 16.6. The highest BCUT2D eigenvalue weighted by molar-refractivity contribution is 6.09. The first-order valence-electron chi connectivity index (χ1n) is 12.7. The maximum Gasteiger partial charge on any atom is 0.280 e. The van der Waals surface area contributed by atoms with Gasteiger partial charge in [0.15, 0.2) is 5.66 Å². The zero-order valence-electron chi connectivity index (χ0n) is 21.2. The van der Waals surface area contributed by atoms with Crippen molar-refractivity contribution >= 4 is 34.2 Å². The molecule has 10 heteroatoms. The molecule has 3 aromatic carbocycles. The van der Waals surface area contributed by atoms with Gasteiger partial charge in [-0.2, -0.15) is 0 Å². The van der Waals surface area contributed by atoms with E-state index < -0.39 is 28.3 Å². The largest absolute Gasteiger partial charge is 0.326 e. The van der Waals surface area contributed by atoms with Gasteiger partial charge in [-0.3, -0.25) is 29.9 Å². The maximum absolute atomic E-state index is 13.4. The number of nitro groups is 1. The van der Waals surface area contributed by atoms with Gasteiger partial charge in [-0.1, -0.05) is 55.0 Å². The molecule has 0 aliphatic carbocycles. The van der Waals surface area contributed by atoms with E-state index in [1.807, 2.05) is 30.3 Å². The first-order chi connectivity index (χ1) is 18.2. The zero-order valence-corrected chi connectivity index (χ0v) is 21.2. The molecule has 0 saturated carbocycles. The Bertz CT molecular complexity index is 1330. The Balaban J connectivity index is 1.50. The van der Waals surface area contributed by atoms with Gasteiger partial charge >= 0.3 is 0 Å². The third-order valence-electron chi connectivity index (χ3n) is 6.64. The van der Waals surface area contributed by atoms with Crippen molar-refractivity contribution < 1.29 is 19.3 Å². The molecule has 198 valence electrons. The van der Waals surface area contributed by atoms with Crippen LogP contribution >= 0.6 is 0 Å². The Labute approximate surface area is 220 Å². The predicted octanol–water partition coefficient (Wildman–Crippen LogP) is 3.46. The van der Waals surface area contributed by atoms with E-state index in [1.54, 1.807) is 29.3 Å². The summed E-state index contributed by atoms with van der Waals surface area (Å²) in [6.45, 7) is 2.85. The number of amides is 3. The summed E-state index contributed by atoms with van der Waals surface area (Å²) >= 11 is 0. The smallest absolute Gasteiger partial charge is 0.280 e. The fourth-order valence-electron chi connectivity index (χ4n) is 4.51. The normalized spacial score (nSPS) is 15.3. The predicted molar refractivity (Wildman–Crippen MR) is 143 cm³/mol. The van der Waals surface area contributed by atoms with Gasteiger partial charge in [0.05, 0.1) is 4.92 Å². The van der Waals surface area contributed by atoms with Crippen molar-refractivity contribution in [1.82, 2.24) is 21.1 Å². The maximum atomic E-state index is 13.4. The standard InChI is InChI=1S/C28H31N5O5/c1-28(27(36)31-32-18-5-2-6-19-32,29-25(34)17-14-20-12-15-22(16-13-20)33(37)38)30-26(35)24-11-7-9-21-8-3-4-10-23(21)24/h3-4,7-13,15-16H,2,5-6,14,17-19H2,1H3,(H,29,34)(H,30,35)(H,31,36)/t28-/m0/s1. The molecular formula is C28H31N5O5. The second-order valence-electron chi connectivity index (χ2n) is 9.57. The second-order valence-corrected chi connectivity index (χ2v) is 9.57. The lowest BCUT2D eigenvalue weighted by atomic mass is 10.0. The Morgan fingerprint density at radius 3 is 2.32 bits per heavy atom. The lowest BCUT2D eigenvalue weighted by Gasteiger charge is -2.34. The van der Waals surface area contributed by atoms with Crippen molar-refractivity contribution in [3.05, 3.63) is 88.0 Å². The van der Waals surface area contributed by atoms with Crippen LogP contribution in [-0.4, -0.2) is 46.4 Å². The average molecular weight is 518 g/mol. The molecule has 0 aromatic heterocycles. The van der Waals surface area contributed by atoms with Crippen molar-refractivity contribution in [2.75, 3.05) is 13.1 Å². The number of carbonyl (C=O) groups is 3. The van der Waals surface area contributed by atoms with Gasteiger partial charge in [-0.25, -0.2) is 5.01 Å². The summed E-state index contributed by atoms with van der Waals surface area (Å²) in [5, 5.41) is 19.8. The summed E-state index contributed by atoms with van der Waals surface area (Å²) in [6.07, 6.45) is 3.31. The van der Waals surface area contributed by atoms with E-state index in [9.17, 15) is 24.5 Å². The first-order valence-corrected chi connectivity index (χ1v) is 12.7. The third-order valence-corrected chi connectivity index (χ3v) is 6.64. The van der Waals surface area contributed by atoms with Crippen LogP contribution in [0.2, 0.25) is 0 Å². The Hall–Kier alpha value is -4.31. The van der Waals surface area contributed by atoms with Crippen LogP contribution in [-0.2, 0) is 16.0 Å². The van der Waals surface area contributed by atoms with Crippen LogP contribution in [0.25, 0.3) is 10.8 Å². The molecule has 10 nitrogen and oxygen atoms in total. The fraction of sp³-hybridized carbons (Fsp3) is 0.321. The molecule has 0 bridgehead atoms. The number of benzene rings is 3. The number of nitro benzene ring substituents is 1. The second kappa shape index (κ2) is 11.8. The minimum atomic E-state index is -1.72. The molecule has 38 heavy (non-hydrogen) atoms. The van der Waals surface area contributed by atoms with Crippen LogP contribution in [0.3, 0.4) is 0 Å². The molecule has 3 N–H and O–H groups in total. The number of nitrogens with zero attached hydrogens (tertiary/aromatic N) is 2. The van der Waals surface area contributed by atoms with Crippen LogP contribution in [0, 0.1) is 10.1 Å². The first kappa shape index (κ1) is 26.7. The topological polar surface area (TPSA) is 134 Å². The number of fused-ring (bicyclic) bond motifs is 1. The summed E-state index contributed by atoms with van der Waals surface area (Å²) in [7, 11) is 0. The number of hydrazine groups is 1. The number of hydrogen-bond acceptors (Lipinski definition) is 6. The number of aryl methyl sites for hydroxylation is 1. The van der Waals surface area contributed by atoms with Gasteiger partial charge in [-0.15, -0.1) is 0 Å². The van der Waals surface area contributed by atoms with Crippen molar-refractivity contribution in [2.45, 2.75) is 44.7 Å². The number of hydrogen-bond donors (Lipinski definition) is 3. The Kier molecular flexibility index (Phi) is 8.32. The number of non-ortho nitro benzene ring substituents is 1. The van der Waals surface area contributed by atoms with Gasteiger partial charge in [0.25, 0.3) is 17.5 Å². The Morgan fingerprint density at radius 1 is 0.921 bits per heavy atom. The molecule has 4 rings (SSSR count). The average Bonchev–Trinajstić information content (AvgIpc) is 2.92. The van der Waals surface area contributed by atoms with Crippen LogP contribution in [0.4, 0.5) is 5.69 Å².